The van der Waals surface area contributed by atoms with E-state index in [9.17, 15) is 4.79 Å². The lowest BCUT2D eigenvalue weighted by Gasteiger charge is -2.18. The summed E-state index contributed by atoms with van der Waals surface area (Å²) in [5.41, 5.74) is 1.63. The number of nitrogens with one attached hydrogen (secondary N) is 1. The van der Waals surface area contributed by atoms with E-state index in [2.05, 4.69) is 15.5 Å². The Bertz CT molecular complexity index is 271. The number of nitrogens with zero attached hydrogens (tertiary/aromatic N) is 3. The van der Waals surface area contributed by atoms with E-state index in [-0.39, 0.29) is 12.5 Å². The lowest BCUT2D eigenvalue weighted by molar-refractivity contribution is -0.128. The molecule has 14 heavy (non-hydrogen) atoms. The van der Waals surface area contributed by atoms with Crippen molar-refractivity contribution in [2.75, 3.05) is 25.0 Å². The number of carbonyl (C=O) groups is 1. The molecule has 0 unspecified atom stereocenters. The fourth-order valence-electron chi connectivity index (χ4n) is 1.09. The fraction of sp³-hybridized carbons (Fsp3) is 0.625. The van der Waals surface area contributed by atoms with Gasteiger partial charge in [0.05, 0.1) is 6.54 Å². The van der Waals surface area contributed by atoms with Crippen LogP contribution in [0.4, 0.5) is 5.13 Å². The third-order valence-corrected chi connectivity index (χ3v) is 2.52. The maximum Gasteiger partial charge on any atom is 0.241 e. The molecule has 0 saturated heterocycles. The van der Waals surface area contributed by atoms with Gasteiger partial charge in [0.25, 0.3) is 0 Å². The van der Waals surface area contributed by atoms with Crippen LogP contribution in [0.5, 0.6) is 0 Å². The van der Waals surface area contributed by atoms with Crippen LogP contribution >= 0.6 is 11.3 Å². The van der Waals surface area contributed by atoms with Gasteiger partial charge >= 0.3 is 0 Å². The zero-order valence-electron chi connectivity index (χ0n) is 8.36. The first-order valence-corrected chi connectivity index (χ1v) is 5.43. The predicted octanol–water partition coefficient (Wildman–Crippen LogP) is 0.818. The van der Waals surface area contributed by atoms with Gasteiger partial charge < -0.3 is 10.2 Å². The molecule has 0 bridgehead atoms. The number of carbonyl (C=O) groups excluding carboxylic acids is 1. The summed E-state index contributed by atoms with van der Waals surface area (Å²) in [5.74, 6) is 0.0881. The minimum absolute atomic E-state index is 0.0881. The van der Waals surface area contributed by atoms with E-state index in [1.54, 1.807) is 10.4 Å². The van der Waals surface area contributed by atoms with Crippen LogP contribution in [0, 0.1) is 0 Å². The highest BCUT2D eigenvalue weighted by molar-refractivity contribution is 7.13. The van der Waals surface area contributed by atoms with E-state index in [1.165, 1.54) is 11.3 Å². The summed E-state index contributed by atoms with van der Waals surface area (Å²) in [7, 11) is 0. The van der Waals surface area contributed by atoms with Crippen LogP contribution in [-0.4, -0.2) is 40.6 Å². The Kier molecular flexibility index (Phi) is 4.31. The van der Waals surface area contributed by atoms with Crippen molar-refractivity contribution in [1.29, 1.82) is 0 Å². The fourth-order valence-corrected chi connectivity index (χ4v) is 1.53. The molecule has 0 aliphatic carbocycles. The Balaban J connectivity index is 2.34. The van der Waals surface area contributed by atoms with Crippen molar-refractivity contribution in [3.05, 3.63) is 5.51 Å². The second-order valence-corrected chi connectivity index (χ2v) is 3.50. The minimum Gasteiger partial charge on any atom is -0.351 e. The molecule has 6 heteroatoms. The lowest BCUT2D eigenvalue weighted by Crippen LogP contribution is -2.35. The van der Waals surface area contributed by atoms with Crippen molar-refractivity contribution >= 4 is 22.4 Å². The normalized spacial score (nSPS) is 9.86. The number of rotatable bonds is 5. The van der Waals surface area contributed by atoms with Crippen LogP contribution in [0.3, 0.4) is 0 Å². The molecule has 0 spiro atoms. The van der Waals surface area contributed by atoms with E-state index in [0.29, 0.717) is 5.13 Å². The molecule has 0 fully saturated rings. The zero-order valence-corrected chi connectivity index (χ0v) is 9.17. The Morgan fingerprint density at radius 3 is 2.79 bits per heavy atom. The van der Waals surface area contributed by atoms with E-state index in [4.69, 9.17) is 0 Å². The highest BCUT2D eigenvalue weighted by Crippen LogP contribution is 2.07. The van der Waals surface area contributed by atoms with Crippen LogP contribution < -0.4 is 5.32 Å². The summed E-state index contributed by atoms with van der Waals surface area (Å²) >= 11 is 1.39. The van der Waals surface area contributed by atoms with Gasteiger partial charge in [-0.05, 0) is 13.8 Å². The molecule has 0 aliphatic rings. The number of hydrogen-bond donors (Lipinski definition) is 1. The van der Waals surface area contributed by atoms with Crippen molar-refractivity contribution < 1.29 is 4.79 Å². The second kappa shape index (κ2) is 5.54. The van der Waals surface area contributed by atoms with Gasteiger partial charge in [-0.15, -0.1) is 10.2 Å². The highest BCUT2D eigenvalue weighted by atomic mass is 32.1. The number of aromatic nitrogens is 2. The van der Waals surface area contributed by atoms with Crippen LogP contribution in [-0.2, 0) is 4.79 Å². The third kappa shape index (κ3) is 2.95. The van der Waals surface area contributed by atoms with Gasteiger partial charge in [0, 0.05) is 13.1 Å². The van der Waals surface area contributed by atoms with Gasteiger partial charge in [0.2, 0.25) is 11.0 Å². The molecule has 0 atom stereocenters. The van der Waals surface area contributed by atoms with Crippen molar-refractivity contribution in [2.24, 2.45) is 0 Å². The molecule has 0 radical (unpaired) electrons. The Morgan fingerprint density at radius 1 is 1.57 bits per heavy atom. The van der Waals surface area contributed by atoms with Crippen LogP contribution in [0.25, 0.3) is 0 Å². The average Bonchev–Trinajstić information content (AvgIpc) is 2.69. The molecule has 1 heterocycles. The quantitative estimate of drug-likeness (QED) is 0.788. The molecular formula is C8H14N4OS. The van der Waals surface area contributed by atoms with Crippen molar-refractivity contribution in [2.45, 2.75) is 13.8 Å². The SMILES string of the molecule is CCN(CC)C(=O)CNc1nncs1. The average molecular weight is 214 g/mol. The molecule has 1 aromatic rings. The monoisotopic (exact) mass is 214 g/mol. The smallest absolute Gasteiger partial charge is 0.241 e. The largest absolute Gasteiger partial charge is 0.351 e. The maximum atomic E-state index is 11.5. The molecular weight excluding hydrogens is 200 g/mol. The standard InChI is InChI=1S/C8H14N4OS/c1-3-12(4-2)7(13)5-9-8-11-10-6-14-8/h6H,3-5H2,1-2H3,(H,9,11). The van der Waals surface area contributed by atoms with E-state index in [1.807, 2.05) is 13.8 Å². The van der Waals surface area contributed by atoms with Crippen LogP contribution in [0.1, 0.15) is 13.8 Å². The van der Waals surface area contributed by atoms with E-state index in [0.717, 1.165) is 13.1 Å². The molecule has 78 valence electrons. The molecule has 1 rings (SSSR count). The van der Waals surface area contributed by atoms with E-state index < -0.39 is 0 Å². The van der Waals surface area contributed by atoms with Gasteiger partial charge in [-0.1, -0.05) is 11.3 Å². The molecule has 1 aromatic heterocycles. The maximum absolute atomic E-state index is 11.5. The van der Waals surface area contributed by atoms with Crippen LogP contribution in [0.15, 0.2) is 5.51 Å². The summed E-state index contributed by atoms with van der Waals surface area (Å²) < 4.78 is 0. The molecule has 1 N–H and O–H groups in total. The predicted molar refractivity (Wildman–Crippen MR) is 56.3 cm³/mol. The highest BCUT2D eigenvalue weighted by Gasteiger charge is 2.09. The van der Waals surface area contributed by atoms with Gasteiger partial charge in [-0.2, -0.15) is 0 Å². The summed E-state index contributed by atoms with van der Waals surface area (Å²) in [6.45, 7) is 5.70. The first-order valence-electron chi connectivity index (χ1n) is 4.55. The van der Waals surface area contributed by atoms with Gasteiger partial charge in [0.1, 0.15) is 5.51 Å². The molecule has 0 aliphatic heterocycles. The number of hydrogen-bond acceptors (Lipinski definition) is 5. The number of likely N-dealkylation sites (N-methyl/N-ethyl adjacent to an activating group) is 1. The lowest BCUT2D eigenvalue weighted by atomic mass is 10.4. The third-order valence-electron chi connectivity index (χ3n) is 1.87. The van der Waals surface area contributed by atoms with Gasteiger partial charge in [0.15, 0.2) is 0 Å². The summed E-state index contributed by atoms with van der Waals surface area (Å²) in [6, 6.07) is 0. The summed E-state index contributed by atoms with van der Waals surface area (Å²) in [4.78, 5) is 13.3. The number of amides is 1. The number of anilines is 1. The topological polar surface area (TPSA) is 58.1 Å². The first-order chi connectivity index (χ1) is 6.77. The Labute approximate surface area is 87.1 Å². The van der Waals surface area contributed by atoms with Crippen LogP contribution in [0.2, 0.25) is 0 Å². The molecule has 0 saturated carbocycles. The Morgan fingerprint density at radius 2 is 2.29 bits per heavy atom. The first kappa shape index (κ1) is 10.9. The summed E-state index contributed by atoms with van der Waals surface area (Å²) in [5, 5.41) is 11.1. The zero-order chi connectivity index (χ0) is 10.4. The van der Waals surface area contributed by atoms with E-state index >= 15 is 0 Å². The van der Waals surface area contributed by atoms with Crippen molar-refractivity contribution in [1.82, 2.24) is 15.1 Å². The van der Waals surface area contributed by atoms with Crippen molar-refractivity contribution in [3.8, 4) is 0 Å². The minimum atomic E-state index is 0.0881. The Hall–Kier alpha value is -1.17. The molecule has 5 nitrogen and oxygen atoms in total. The van der Waals surface area contributed by atoms with Gasteiger partial charge in [-0.25, -0.2) is 0 Å². The van der Waals surface area contributed by atoms with Crippen molar-refractivity contribution in [3.63, 3.8) is 0 Å². The second-order valence-electron chi connectivity index (χ2n) is 2.66. The molecule has 1 amide bonds. The summed E-state index contributed by atoms with van der Waals surface area (Å²) in [6.07, 6.45) is 0. The van der Waals surface area contributed by atoms with Gasteiger partial charge in [-0.3, -0.25) is 4.79 Å². The molecule has 0 aromatic carbocycles.